The van der Waals surface area contributed by atoms with Gasteiger partial charge >= 0.3 is 5.97 Å². The highest BCUT2D eigenvalue weighted by molar-refractivity contribution is 5.99. The van der Waals surface area contributed by atoms with Crippen LogP contribution < -0.4 is 0 Å². The van der Waals surface area contributed by atoms with Crippen LogP contribution in [0.3, 0.4) is 0 Å². The molecule has 1 aliphatic heterocycles. The standard InChI is InChI=1S/C23H21F2N3O3/c24-15-1-3-16(4-2-15)28-20-9-14-12-26-27-19(14)10-17(20)22(18(25)11-21(29)30)23(28)13-5-7-31-8-6-13/h1-4,9-10,12-13,18H,5-8,11H2,(H,26,27)(H,29,30)/t18-/m0/s1. The van der Waals surface area contributed by atoms with Crippen LogP contribution in [-0.4, -0.2) is 39.1 Å². The Morgan fingerprint density at radius 3 is 2.71 bits per heavy atom. The molecule has 1 fully saturated rings. The maximum atomic E-state index is 15.5. The summed E-state index contributed by atoms with van der Waals surface area (Å²) >= 11 is 0. The van der Waals surface area contributed by atoms with E-state index in [1.807, 2.05) is 16.7 Å². The van der Waals surface area contributed by atoms with E-state index in [9.17, 15) is 14.3 Å². The van der Waals surface area contributed by atoms with Crippen LogP contribution in [-0.2, 0) is 9.53 Å². The normalized spacial score (nSPS) is 16.2. The molecule has 1 saturated heterocycles. The van der Waals surface area contributed by atoms with Crippen molar-refractivity contribution in [3.05, 3.63) is 59.7 Å². The Hall–Kier alpha value is -3.26. The zero-order valence-corrected chi connectivity index (χ0v) is 16.6. The van der Waals surface area contributed by atoms with Crippen molar-refractivity contribution in [2.24, 2.45) is 0 Å². The number of carboxylic acids is 1. The molecule has 0 radical (unpaired) electrons. The molecule has 0 spiro atoms. The third-order valence-electron chi connectivity index (χ3n) is 5.96. The third-order valence-corrected chi connectivity index (χ3v) is 5.96. The molecule has 3 heterocycles. The average molecular weight is 425 g/mol. The highest BCUT2D eigenvalue weighted by Crippen LogP contribution is 2.43. The van der Waals surface area contributed by atoms with Crippen molar-refractivity contribution >= 4 is 27.8 Å². The molecule has 0 bridgehead atoms. The van der Waals surface area contributed by atoms with Crippen LogP contribution in [0.5, 0.6) is 0 Å². The SMILES string of the molecule is O=C(O)C[C@H](F)c1c(C2CCOCC2)n(-c2ccc(F)cc2)c2cc3cn[nH]c3cc12. The summed E-state index contributed by atoms with van der Waals surface area (Å²) in [5, 5.41) is 17.7. The number of hydrogen-bond acceptors (Lipinski definition) is 3. The first-order chi connectivity index (χ1) is 15.0. The maximum absolute atomic E-state index is 15.5. The largest absolute Gasteiger partial charge is 0.481 e. The van der Waals surface area contributed by atoms with E-state index in [0.717, 1.165) is 22.1 Å². The van der Waals surface area contributed by atoms with Crippen LogP contribution in [0.2, 0.25) is 0 Å². The first-order valence-corrected chi connectivity index (χ1v) is 10.2. The van der Waals surface area contributed by atoms with Crippen LogP contribution in [0.15, 0.2) is 42.6 Å². The van der Waals surface area contributed by atoms with Crippen LogP contribution in [0, 0.1) is 5.82 Å². The Morgan fingerprint density at radius 2 is 2.00 bits per heavy atom. The van der Waals surface area contributed by atoms with Gasteiger partial charge in [-0.1, -0.05) is 0 Å². The summed E-state index contributed by atoms with van der Waals surface area (Å²) in [6.45, 7) is 1.10. The number of fused-ring (bicyclic) bond motifs is 2. The molecular formula is C23H21F2N3O3. The number of aromatic nitrogens is 3. The van der Waals surface area contributed by atoms with Gasteiger partial charge in [-0.3, -0.25) is 9.89 Å². The van der Waals surface area contributed by atoms with Gasteiger partial charge in [0.15, 0.2) is 0 Å². The van der Waals surface area contributed by atoms with Gasteiger partial charge in [-0.2, -0.15) is 5.10 Å². The van der Waals surface area contributed by atoms with Crippen molar-refractivity contribution in [3.8, 4) is 5.69 Å². The summed E-state index contributed by atoms with van der Waals surface area (Å²) in [6.07, 6.45) is 0.780. The first kappa shape index (κ1) is 19.7. The lowest BCUT2D eigenvalue weighted by molar-refractivity contribution is -0.138. The number of rotatable bonds is 5. The zero-order chi connectivity index (χ0) is 21.5. The zero-order valence-electron chi connectivity index (χ0n) is 16.6. The summed E-state index contributed by atoms with van der Waals surface area (Å²) in [5.41, 5.74) is 3.30. The van der Waals surface area contributed by atoms with Crippen LogP contribution in [0.1, 0.15) is 42.6 Å². The Morgan fingerprint density at radius 1 is 1.26 bits per heavy atom. The van der Waals surface area contributed by atoms with E-state index in [0.29, 0.717) is 42.7 Å². The second-order valence-corrected chi connectivity index (χ2v) is 7.89. The Bertz CT molecular complexity index is 1260. The lowest BCUT2D eigenvalue weighted by atomic mass is 9.90. The fourth-order valence-electron chi connectivity index (χ4n) is 4.59. The minimum Gasteiger partial charge on any atom is -0.481 e. The van der Waals surface area contributed by atoms with Crippen LogP contribution >= 0.6 is 0 Å². The summed E-state index contributed by atoms with van der Waals surface area (Å²) in [5.74, 6) is -1.57. The molecule has 2 N–H and O–H groups in total. The monoisotopic (exact) mass is 425 g/mol. The number of hydrogen-bond donors (Lipinski definition) is 2. The molecular weight excluding hydrogens is 404 g/mol. The Kier molecular flexibility index (Phi) is 4.94. The molecule has 8 heteroatoms. The molecule has 160 valence electrons. The molecule has 4 aromatic rings. The number of ether oxygens (including phenoxy) is 1. The molecule has 31 heavy (non-hydrogen) atoms. The Balaban J connectivity index is 1.86. The topological polar surface area (TPSA) is 80.1 Å². The average Bonchev–Trinajstić information content (AvgIpc) is 3.34. The van der Waals surface area contributed by atoms with Crippen molar-refractivity contribution in [1.29, 1.82) is 0 Å². The quantitative estimate of drug-likeness (QED) is 0.470. The molecule has 0 amide bonds. The highest BCUT2D eigenvalue weighted by atomic mass is 19.1. The Labute approximate surface area is 176 Å². The first-order valence-electron chi connectivity index (χ1n) is 10.2. The van der Waals surface area contributed by atoms with Gasteiger partial charge in [0, 0.05) is 46.8 Å². The van der Waals surface area contributed by atoms with Gasteiger partial charge in [-0.25, -0.2) is 8.78 Å². The van der Waals surface area contributed by atoms with E-state index in [4.69, 9.17) is 4.74 Å². The number of alkyl halides is 1. The van der Waals surface area contributed by atoms with E-state index in [2.05, 4.69) is 10.2 Å². The minimum absolute atomic E-state index is 0.00952. The number of aromatic amines is 1. The number of benzene rings is 2. The lowest BCUT2D eigenvalue weighted by Gasteiger charge is -2.26. The van der Waals surface area contributed by atoms with Gasteiger partial charge in [0.25, 0.3) is 0 Å². The van der Waals surface area contributed by atoms with E-state index in [-0.39, 0.29) is 11.7 Å². The number of aliphatic carboxylic acids is 1. The van der Waals surface area contributed by atoms with Crippen molar-refractivity contribution < 1.29 is 23.4 Å². The van der Waals surface area contributed by atoms with E-state index in [1.165, 1.54) is 12.1 Å². The summed E-state index contributed by atoms with van der Waals surface area (Å²) in [4.78, 5) is 11.4. The van der Waals surface area contributed by atoms with Crippen molar-refractivity contribution in [3.63, 3.8) is 0 Å². The molecule has 0 aliphatic carbocycles. The number of halogens is 2. The third kappa shape index (κ3) is 3.46. The molecule has 6 nitrogen and oxygen atoms in total. The predicted octanol–water partition coefficient (Wildman–Crippen LogP) is 5.03. The predicted molar refractivity (Wildman–Crippen MR) is 112 cm³/mol. The molecule has 2 aromatic carbocycles. The van der Waals surface area contributed by atoms with Gasteiger partial charge in [-0.05, 0) is 49.2 Å². The summed E-state index contributed by atoms with van der Waals surface area (Å²) in [6, 6.07) is 9.79. The van der Waals surface area contributed by atoms with Crippen molar-refractivity contribution in [2.75, 3.05) is 13.2 Å². The smallest absolute Gasteiger partial charge is 0.306 e. The number of carboxylic acid groups (broad SMARTS) is 1. The fraction of sp³-hybridized carbons (Fsp3) is 0.304. The number of nitrogens with zero attached hydrogens (tertiary/aromatic N) is 2. The van der Waals surface area contributed by atoms with Gasteiger partial charge in [0.1, 0.15) is 12.0 Å². The molecule has 0 saturated carbocycles. The van der Waals surface area contributed by atoms with Crippen LogP contribution in [0.4, 0.5) is 8.78 Å². The van der Waals surface area contributed by atoms with Crippen molar-refractivity contribution in [2.45, 2.75) is 31.4 Å². The maximum Gasteiger partial charge on any atom is 0.306 e. The number of carbonyl (C=O) groups is 1. The molecule has 1 atom stereocenters. The molecule has 1 aliphatic rings. The summed E-state index contributed by atoms with van der Waals surface area (Å²) in [7, 11) is 0. The van der Waals surface area contributed by atoms with Gasteiger partial charge in [0.05, 0.1) is 23.7 Å². The molecule has 0 unspecified atom stereocenters. The second-order valence-electron chi connectivity index (χ2n) is 7.89. The highest BCUT2D eigenvalue weighted by Gasteiger charge is 2.32. The molecule has 2 aromatic heterocycles. The van der Waals surface area contributed by atoms with Crippen LogP contribution in [0.25, 0.3) is 27.5 Å². The van der Waals surface area contributed by atoms with E-state index < -0.39 is 18.6 Å². The molecule has 5 rings (SSSR count). The summed E-state index contributed by atoms with van der Waals surface area (Å²) < 4.78 is 36.6. The number of nitrogens with one attached hydrogen (secondary N) is 1. The van der Waals surface area contributed by atoms with E-state index in [1.54, 1.807) is 18.3 Å². The van der Waals surface area contributed by atoms with E-state index >= 15 is 4.39 Å². The van der Waals surface area contributed by atoms with Gasteiger partial charge < -0.3 is 14.4 Å². The second kappa shape index (κ2) is 7.77. The lowest BCUT2D eigenvalue weighted by Crippen LogP contribution is -2.19. The van der Waals surface area contributed by atoms with Gasteiger partial charge in [0.2, 0.25) is 0 Å². The number of H-pyrrole nitrogens is 1. The van der Waals surface area contributed by atoms with Gasteiger partial charge in [-0.15, -0.1) is 0 Å². The van der Waals surface area contributed by atoms with Crippen molar-refractivity contribution in [1.82, 2.24) is 14.8 Å². The fourth-order valence-corrected chi connectivity index (χ4v) is 4.59. The minimum atomic E-state index is -1.68.